The van der Waals surface area contributed by atoms with E-state index in [2.05, 4.69) is 10.4 Å². The average Bonchev–Trinajstić information content (AvgIpc) is 2.80. The molecule has 0 aliphatic rings. The van der Waals surface area contributed by atoms with Crippen LogP contribution in [0.1, 0.15) is 33.6 Å². The molecule has 0 fully saturated rings. The number of nitrogens with one attached hydrogen (secondary N) is 1. The average molecular weight is 271 g/mol. The van der Waals surface area contributed by atoms with Gasteiger partial charge in [0.25, 0.3) is 5.91 Å². The van der Waals surface area contributed by atoms with E-state index in [0.29, 0.717) is 6.54 Å². The van der Waals surface area contributed by atoms with Crippen molar-refractivity contribution in [2.45, 2.75) is 33.7 Å². The highest BCUT2D eigenvalue weighted by molar-refractivity contribution is 5.95. The Hall–Kier alpha value is -2.10. The first-order valence-corrected chi connectivity index (χ1v) is 6.92. The van der Waals surface area contributed by atoms with E-state index in [-0.39, 0.29) is 5.91 Å². The zero-order valence-corrected chi connectivity index (χ0v) is 12.3. The van der Waals surface area contributed by atoms with Crippen LogP contribution in [0, 0.1) is 20.8 Å². The Labute approximate surface area is 119 Å². The summed E-state index contributed by atoms with van der Waals surface area (Å²) in [5.74, 6) is -0.000290. The van der Waals surface area contributed by atoms with Crippen molar-refractivity contribution in [3.8, 4) is 0 Å². The Morgan fingerprint density at radius 1 is 1.25 bits per heavy atom. The standard InChI is InChI=1S/C16H21N3O/c1-12-5-6-15(13(2)11-12)16(20)17-8-4-10-19-14(3)7-9-18-19/h5-7,9,11H,4,8,10H2,1-3H3,(H,17,20). The van der Waals surface area contributed by atoms with Crippen LogP contribution in [0.2, 0.25) is 0 Å². The maximum Gasteiger partial charge on any atom is 0.251 e. The summed E-state index contributed by atoms with van der Waals surface area (Å²) in [6.07, 6.45) is 2.67. The van der Waals surface area contributed by atoms with E-state index in [1.54, 1.807) is 6.20 Å². The summed E-state index contributed by atoms with van der Waals surface area (Å²) in [5.41, 5.74) is 4.09. The van der Waals surface area contributed by atoms with E-state index in [1.165, 1.54) is 5.56 Å². The van der Waals surface area contributed by atoms with Crippen molar-refractivity contribution in [3.63, 3.8) is 0 Å². The monoisotopic (exact) mass is 271 g/mol. The van der Waals surface area contributed by atoms with Crippen molar-refractivity contribution in [3.05, 3.63) is 52.8 Å². The highest BCUT2D eigenvalue weighted by atomic mass is 16.1. The molecule has 1 amide bonds. The molecule has 0 bridgehead atoms. The number of benzene rings is 1. The third kappa shape index (κ3) is 3.47. The number of rotatable bonds is 5. The van der Waals surface area contributed by atoms with E-state index in [9.17, 15) is 4.79 Å². The smallest absolute Gasteiger partial charge is 0.251 e. The fraction of sp³-hybridized carbons (Fsp3) is 0.375. The molecular weight excluding hydrogens is 250 g/mol. The minimum Gasteiger partial charge on any atom is -0.352 e. The van der Waals surface area contributed by atoms with Gasteiger partial charge in [0.2, 0.25) is 0 Å². The van der Waals surface area contributed by atoms with Crippen molar-refractivity contribution >= 4 is 5.91 Å². The fourth-order valence-corrected chi connectivity index (χ4v) is 2.23. The zero-order valence-electron chi connectivity index (χ0n) is 12.3. The molecular formula is C16H21N3O. The van der Waals surface area contributed by atoms with Gasteiger partial charge in [0.15, 0.2) is 0 Å². The predicted molar refractivity (Wildman–Crippen MR) is 79.8 cm³/mol. The molecule has 1 N–H and O–H groups in total. The van der Waals surface area contributed by atoms with E-state index in [4.69, 9.17) is 0 Å². The van der Waals surface area contributed by atoms with Gasteiger partial charge in [-0.1, -0.05) is 17.7 Å². The number of hydrogen-bond donors (Lipinski definition) is 1. The van der Waals surface area contributed by atoms with Crippen LogP contribution in [0.5, 0.6) is 0 Å². The summed E-state index contributed by atoms with van der Waals surface area (Å²) in [6.45, 7) is 7.51. The molecule has 1 heterocycles. The lowest BCUT2D eigenvalue weighted by molar-refractivity contribution is 0.0952. The molecule has 4 heteroatoms. The van der Waals surface area contributed by atoms with Crippen LogP contribution < -0.4 is 5.32 Å². The molecule has 0 saturated heterocycles. The summed E-state index contributed by atoms with van der Waals surface area (Å²) in [4.78, 5) is 12.1. The third-order valence-corrected chi connectivity index (χ3v) is 3.39. The summed E-state index contributed by atoms with van der Waals surface area (Å²) in [6, 6.07) is 7.86. The van der Waals surface area contributed by atoms with Gasteiger partial charge in [-0.2, -0.15) is 5.10 Å². The van der Waals surface area contributed by atoms with E-state index >= 15 is 0 Å². The molecule has 2 rings (SSSR count). The second kappa shape index (κ2) is 6.37. The number of carbonyl (C=O) groups is 1. The van der Waals surface area contributed by atoms with Crippen molar-refractivity contribution in [2.24, 2.45) is 0 Å². The maximum absolute atomic E-state index is 12.1. The number of carbonyl (C=O) groups excluding carboxylic acids is 1. The predicted octanol–water partition coefficient (Wildman–Crippen LogP) is 2.63. The van der Waals surface area contributed by atoms with Gasteiger partial charge in [0.1, 0.15) is 0 Å². The molecule has 4 nitrogen and oxygen atoms in total. The van der Waals surface area contributed by atoms with Crippen LogP contribution in [0.15, 0.2) is 30.5 Å². The second-order valence-electron chi connectivity index (χ2n) is 5.12. The summed E-state index contributed by atoms with van der Waals surface area (Å²) < 4.78 is 1.95. The van der Waals surface area contributed by atoms with E-state index in [0.717, 1.165) is 29.8 Å². The molecule has 0 saturated carbocycles. The van der Waals surface area contributed by atoms with Gasteiger partial charge in [-0.25, -0.2) is 0 Å². The van der Waals surface area contributed by atoms with Gasteiger partial charge in [-0.15, -0.1) is 0 Å². The molecule has 0 aliphatic carbocycles. The number of hydrogen-bond acceptors (Lipinski definition) is 2. The Balaban J connectivity index is 1.82. The van der Waals surface area contributed by atoms with Crippen LogP contribution in [-0.2, 0) is 6.54 Å². The normalized spacial score (nSPS) is 10.6. The highest BCUT2D eigenvalue weighted by Gasteiger charge is 2.08. The van der Waals surface area contributed by atoms with Crippen molar-refractivity contribution < 1.29 is 4.79 Å². The first-order valence-electron chi connectivity index (χ1n) is 6.92. The van der Waals surface area contributed by atoms with Crippen molar-refractivity contribution in [1.29, 1.82) is 0 Å². The first-order chi connectivity index (χ1) is 9.58. The lowest BCUT2D eigenvalue weighted by Crippen LogP contribution is -2.26. The van der Waals surface area contributed by atoms with Gasteiger partial charge in [-0.3, -0.25) is 9.48 Å². The minimum atomic E-state index is -0.000290. The van der Waals surface area contributed by atoms with Gasteiger partial charge >= 0.3 is 0 Å². The number of amides is 1. The van der Waals surface area contributed by atoms with Crippen LogP contribution in [-0.4, -0.2) is 22.2 Å². The topological polar surface area (TPSA) is 46.9 Å². The largest absolute Gasteiger partial charge is 0.352 e. The molecule has 2 aromatic rings. The van der Waals surface area contributed by atoms with Gasteiger partial charge in [0.05, 0.1) is 0 Å². The van der Waals surface area contributed by atoms with Crippen LogP contribution in [0.4, 0.5) is 0 Å². The molecule has 0 aliphatic heterocycles. The molecule has 0 unspecified atom stereocenters. The second-order valence-corrected chi connectivity index (χ2v) is 5.12. The summed E-state index contributed by atoms with van der Waals surface area (Å²) >= 11 is 0. The molecule has 20 heavy (non-hydrogen) atoms. The molecule has 0 radical (unpaired) electrons. The van der Waals surface area contributed by atoms with Crippen LogP contribution in [0.3, 0.4) is 0 Å². The maximum atomic E-state index is 12.1. The number of aryl methyl sites for hydroxylation is 4. The minimum absolute atomic E-state index is 0.000290. The van der Waals surface area contributed by atoms with E-state index < -0.39 is 0 Å². The Morgan fingerprint density at radius 2 is 2.05 bits per heavy atom. The quantitative estimate of drug-likeness (QED) is 0.850. The van der Waals surface area contributed by atoms with Crippen LogP contribution in [0.25, 0.3) is 0 Å². The van der Waals surface area contributed by atoms with Gasteiger partial charge in [0, 0.05) is 30.5 Å². The van der Waals surface area contributed by atoms with E-state index in [1.807, 2.05) is 49.7 Å². The van der Waals surface area contributed by atoms with Crippen molar-refractivity contribution in [2.75, 3.05) is 6.54 Å². The SMILES string of the molecule is Cc1ccc(C(=O)NCCCn2nccc2C)c(C)c1. The fourth-order valence-electron chi connectivity index (χ4n) is 2.23. The molecule has 0 spiro atoms. The Bertz CT molecular complexity index is 602. The molecule has 1 aromatic heterocycles. The van der Waals surface area contributed by atoms with Gasteiger partial charge < -0.3 is 5.32 Å². The van der Waals surface area contributed by atoms with Crippen molar-refractivity contribution in [1.82, 2.24) is 15.1 Å². The lowest BCUT2D eigenvalue weighted by atomic mass is 10.1. The third-order valence-electron chi connectivity index (χ3n) is 3.39. The molecule has 0 atom stereocenters. The number of aromatic nitrogens is 2. The molecule has 1 aromatic carbocycles. The molecule has 106 valence electrons. The van der Waals surface area contributed by atoms with Crippen LogP contribution >= 0.6 is 0 Å². The highest BCUT2D eigenvalue weighted by Crippen LogP contribution is 2.10. The van der Waals surface area contributed by atoms with Gasteiger partial charge in [-0.05, 0) is 44.9 Å². The summed E-state index contributed by atoms with van der Waals surface area (Å²) in [5, 5.41) is 7.18. The Kier molecular flexibility index (Phi) is 4.56. The lowest BCUT2D eigenvalue weighted by Gasteiger charge is -2.09. The Morgan fingerprint density at radius 3 is 2.70 bits per heavy atom. The first kappa shape index (κ1) is 14.3. The zero-order chi connectivity index (χ0) is 14.5. The summed E-state index contributed by atoms with van der Waals surface area (Å²) in [7, 11) is 0. The number of nitrogens with zero attached hydrogens (tertiary/aromatic N) is 2.